The zero-order chi connectivity index (χ0) is 16.4. The highest BCUT2D eigenvalue weighted by molar-refractivity contribution is 9.10. The van der Waals surface area contributed by atoms with Gasteiger partial charge in [-0.2, -0.15) is 26.3 Å². The lowest BCUT2D eigenvalue weighted by Gasteiger charge is -2.24. The van der Waals surface area contributed by atoms with Crippen molar-refractivity contribution in [2.75, 3.05) is 0 Å². The fourth-order valence-electron chi connectivity index (χ4n) is 1.26. The van der Waals surface area contributed by atoms with E-state index in [1.165, 1.54) is 0 Å². The standard InChI is InChI=1S/C10H7BrF6N2O2/c11-5-3-4(7(18)19-20)1-2-6(5)21-8(9(12,13)14)10(15,16)17/h1-3,8,20H,(H2,18,19). The molecule has 3 N–H and O–H groups in total. The van der Waals surface area contributed by atoms with Gasteiger partial charge in [-0.3, -0.25) is 0 Å². The third kappa shape index (κ3) is 4.41. The van der Waals surface area contributed by atoms with Crippen LogP contribution in [0, 0.1) is 0 Å². The maximum Gasteiger partial charge on any atom is 0.434 e. The molecule has 0 unspecified atom stereocenters. The summed E-state index contributed by atoms with van der Waals surface area (Å²) in [5.74, 6) is -1.06. The van der Waals surface area contributed by atoms with E-state index in [2.05, 4.69) is 25.8 Å². The molecule has 0 atom stereocenters. The molecule has 1 rings (SSSR count). The van der Waals surface area contributed by atoms with Crippen LogP contribution in [0.15, 0.2) is 27.8 Å². The maximum atomic E-state index is 12.4. The number of nitrogens with two attached hydrogens (primary N) is 1. The molecule has 1 aromatic rings. The minimum absolute atomic E-state index is 0.0762. The number of hydrogen-bond acceptors (Lipinski definition) is 3. The van der Waals surface area contributed by atoms with Crippen LogP contribution in [-0.2, 0) is 0 Å². The van der Waals surface area contributed by atoms with Crippen LogP contribution in [-0.4, -0.2) is 29.5 Å². The summed E-state index contributed by atoms with van der Waals surface area (Å²) < 4.78 is 78.0. The van der Waals surface area contributed by atoms with Gasteiger partial charge in [-0.1, -0.05) is 5.16 Å². The highest BCUT2D eigenvalue weighted by Gasteiger charge is 2.59. The normalized spacial score (nSPS) is 13.6. The van der Waals surface area contributed by atoms with Crippen molar-refractivity contribution >= 4 is 21.8 Å². The van der Waals surface area contributed by atoms with Gasteiger partial charge in [-0.25, -0.2) is 0 Å². The second kappa shape index (κ2) is 6.00. The Morgan fingerprint density at radius 2 is 1.71 bits per heavy atom. The molecule has 0 aromatic heterocycles. The first-order chi connectivity index (χ1) is 9.46. The monoisotopic (exact) mass is 380 g/mol. The van der Waals surface area contributed by atoms with Gasteiger partial charge in [-0.15, -0.1) is 0 Å². The Kier molecular flexibility index (Phi) is 4.97. The number of amidine groups is 1. The lowest BCUT2D eigenvalue weighted by molar-refractivity contribution is -0.300. The number of hydrogen-bond donors (Lipinski definition) is 2. The topological polar surface area (TPSA) is 67.8 Å². The predicted octanol–water partition coefficient (Wildman–Crippen LogP) is 3.42. The zero-order valence-electron chi connectivity index (χ0n) is 9.84. The zero-order valence-corrected chi connectivity index (χ0v) is 11.4. The van der Waals surface area contributed by atoms with Crippen molar-refractivity contribution in [2.45, 2.75) is 18.5 Å². The van der Waals surface area contributed by atoms with Crippen LogP contribution in [0.3, 0.4) is 0 Å². The van der Waals surface area contributed by atoms with E-state index in [4.69, 9.17) is 10.9 Å². The van der Waals surface area contributed by atoms with Crippen LogP contribution in [0.25, 0.3) is 0 Å². The lowest BCUT2D eigenvalue weighted by atomic mass is 10.2. The molecular formula is C10H7BrF6N2O2. The Balaban J connectivity index is 3.12. The molecule has 0 saturated heterocycles. The first kappa shape index (κ1) is 17.4. The van der Waals surface area contributed by atoms with Gasteiger partial charge in [-0.05, 0) is 34.1 Å². The van der Waals surface area contributed by atoms with E-state index in [0.717, 1.165) is 18.2 Å². The molecular weight excluding hydrogens is 374 g/mol. The van der Waals surface area contributed by atoms with E-state index in [0.29, 0.717) is 0 Å². The third-order valence-electron chi connectivity index (χ3n) is 2.17. The summed E-state index contributed by atoms with van der Waals surface area (Å²) in [7, 11) is 0. The summed E-state index contributed by atoms with van der Waals surface area (Å²) in [6.07, 6.45) is -15.2. The Morgan fingerprint density at radius 1 is 1.19 bits per heavy atom. The van der Waals surface area contributed by atoms with Gasteiger partial charge in [0.05, 0.1) is 4.47 Å². The van der Waals surface area contributed by atoms with E-state index in [9.17, 15) is 26.3 Å². The number of rotatable bonds is 3. The van der Waals surface area contributed by atoms with Crippen molar-refractivity contribution in [3.8, 4) is 5.75 Å². The van der Waals surface area contributed by atoms with E-state index in [1.807, 2.05) is 0 Å². The van der Waals surface area contributed by atoms with Crippen molar-refractivity contribution in [1.29, 1.82) is 0 Å². The number of alkyl halides is 6. The first-order valence-electron chi connectivity index (χ1n) is 5.04. The Hall–Kier alpha value is -1.65. The van der Waals surface area contributed by atoms with Gasteiger partial charge in [0.2, 0.25) is 0 Å². The van der Waals surface area contributed by atoms with Gasteiger partial charge in [0, 0.05) is 5.56 Å². The highest BCUT2D eigenvalue weighted by Crippen LogP contribution is 2.38. The van der Waals surface area contributed by atoms with Crippen LogP contribution in [0.1, 0.15) is 5.56 Å². The number of ether oxygens (including phenoxy) is 1. The molecule has 11 heteroatoms. The molecule has 0 radical (unpaired) electrons. The summed E-state index contributed by atoms with van der Waals surface area (Å²) in [5.41, 5.74) is 5.31. The fourth-order valence-corrected chi connectivity index (χ4v) is 1.73. The smallest absolute Gasteiger partial charge is 0.434 e. The molecule has 118 valence electrons. The molecule has 0 fully saturated rings. The van der Waals surface area contributed by atoms with Gasteiger partial charge in [0.25, 0.3) is 6.10 Å². The summed E-state index contributed by atoms with van der Waals surface area (Å²) in [5, 5.41) is 11.1. The second-order valence-electron chi connectivity index (χ2n) is 3.71. The molecule has 1 aromatic carbocycles. The van der Waals surface area contributed by atoms with Crippen LogP contribution in [0.2, 0.25) is 0 Å². The molecule has 0 saturated carbocycles. The molecule has 0 aliphatic carbocycles. The van der Waals surface area contributed by atoms with Gasteiger partial charge < -0.3 is 15.7 Å². The van der Waals surface area contributed by atoms with Crippen molar-refractivity contribution in [3.05, 3.63) is 28.2 Å². The SMILES string of the molecule is N/C(=N/O)c1ccc(OC(C(F)(F)F)C(F)(F)F)c(Br)c1. The van der Waals surface area contributed by atoms with Crippen molar-refractivity contribution in [1.82, 2.24) is 0 Å². The molecule has 0 aliphatic heterocycles. The van der Waals surface area contributed by atoms with Crippen molar-refractivity contribution in [3.63, 3.8) is 0 Å². The molecule has 0 bridgehead atoms. The van der Waals surface area contributed by atoms with Crippen molar-refractivity contribution in [2.24, 2.45) is 10.9 Å². The minimum Gasteiger partial charge on any atom is -0.470 e. The Morgan fingerprint density at radius 3 is 2.10 bits per heavy atom. The fraction of sp³-hybridized carbons (Fsp3) is 0.300. The van der Waals surface area contributed by atoms with E-state index in [-0.39, 0.29) is 15.9 Å². The average Bonchev–Trinajstić information content (AvgIpc) is 2.33. The molecule has 0 spiro atoms. The van der Waals surface area contributed by atoms with Crippen molar-refractivity contribution < 1.29 is 36.3 Å². The highest BCUT2D eigenvalue weighted by atomic mass is 79.9. The van der Waals surface area contributed by atoms with Gasteiger partial charge in [0.1, 0.15) is 5.75 Å². The maximum absolute atomic E-state index is 12.4. The molecule has 0 heterocycles. The van der Waals surface area contributed by atoms with E-state index >= 15 is 0 Å². The molecule has 0 amide bonds. The third-order valence-corrected chi connectivity index (χ3v) is 2.79. The summed E-state index contributed by atoms with van der Waals surface area (Å²) >= 11 is 2.75. The van der Waals surface area contributed by atoms with Crippen LogP contribution >= 0.6 is 15.9 Å². The van der Waals surface area contributed by atoms with Gasteiger partial charge in [0.15, 0.2) is 5.84 Å². The summed E-state index contributed by atoms with van der Waals surface area (Å²) in [6, 6.07) is 2.93. The quantitative estimate of drug-likeness (QED) is 0.277. The molecule has 21 heavy (non-hydrogen) atoms. The first-order valence-corrected chi connectivity index (χ1v) is 5.83. The number of oxime groups is 1. The Bertz CT molecular complexity index is 529. The van der Waals surface area contributed by atoms with Crippen LogP contribution in [0.4, 0.5) is 26.3 Å². The lowest BCUT2D eigenvalue weighted by Crippen LogP contribution is -2.46. The number of halogens is 7. The summed E-state index contributed by atoms with van der Waals surface area (Å²) in [4.78, 5) is 0. The van der Waals surface area contributed by atoms with E-state index in [1.54, 1.807) is 0 Å². The number of nitrogens with zero attached hydrogens (tertiary/aromatic N) is 1. The molecule has 0 aliphatic rings. The van der Waals surface area contributed by atoms with Gasteiger partial charge >= 0.3 is 12.4 Å². The second-order valence-corrected chi connectivity index (χ2v) is 4.57. The predicted molar refractivity (Wildman–Crippen MR) is 63.2 cm³/mol. The van der Waals surface area contributed by atoms with Crippen LogP contribution < -0.4 is 10.5 Å². The van der Waals surface area contributed by atoms with Crippen LogP contribution in [0.5, 0.6) is 5.75 Å². The number of benzene rings is 1. The average molecular weight is 381 g/mol. The minimum atomic E-state index is -5.62. The molecule has 4 nitrogen and oxygen atoms in total. The van der Waals surface area contributed by atoms with E-state index < -0.39 is 24.2 Å². The Labute approximate surface area is 122 Å². The summed E-state index contributed by atoms with van der Waals surface area (Å²) in [6.45, 7) is 0. The largest absolute Gasteiger partial charge is 0.470 e.